The molecule has 0 fully saturated rings. The molecule has 6 nitrogen and oxygen atoms in total. The number of hydrogen-bond donors (Lipinski definition) is 2. The number of amides is 1. The van der Waals surface area contributed by atoms with Gasteiger partial charge in [-0.05, 0) is 25.0 Å². The molecule has 1 amide bonds. The molecule has 0 aliphatic carbocycles. The zero-order valence-electron chi connectivity index (χ0n) is 16.0. The van der Waals surface area contributed by atoms with E-state index in [9.17, 15) is 13.2 Å². The minimum absolute atomic E-state index is 0.0151. The number of rotatable bonds is 10. The van der Waals surface area contributed by atoms with Crippen molar-refractivity contribution in [2.75, 3.05) is 26.2 Å². The maximum absolute atomic E-state index is 12.5. The summed E-state index contributed by atoms with van der Waals surface area (Å²) in [7, 11) is -3.43. The monoisotopic (exact) mass is 370 g/mol. The van der Waals surface area contributed by atoms with Gasteiger partial charge in [0.1, 0.15) is 6.04 Å². The zero-order chi connectivity index (χ0) is 19.0. The molecular formula is C18H32N3O3S+. The molecule has 0 unspecified atom stereocenters. The first-order valence-electron chi connectivity index (χ1n) is 8.92. The summed E-state index contributed by atoms with van der Waals surface area (Å²) in [5, 5.41) is 4.84. The van der Waals surface area contributed by atoms with Crippen LogP contribution in [-0.4, -0.2) is 44.8 Å². The second-order valence-corrected chi connectivity index (χ2v) is 8.52. The first-order valence-corrected chi connectivity index (χ1v) is 10.4. The summed E-state index contributed by atoms with van der Waals surface area (Å²) in [6, 6.07) is 7.01. The van der Waals surface area contributed by atoms with Crippen molar-refractivity contribution >= 4 is 15.9 Å². The Labute approximate surface area is 152 Å². The summed E-state index contributed by atoms with van der Waals surface area (Å²) in [5.74, 6) is 0.447. The Balaban J connectivity index is 2.68. The van der Waals surface area contributed by atoms with E-state index in [2.05, 4.69) is 19.2 Å². The molecule has 142 valence electrons. The smallest absolute Gasteiger partial charge is 0.275 e. The molecule has 0 aliphatic heterocycles. The number of nitrogens with two attached hydrogens (primary N) is 1. The number of nitrogens with zero attached hydrogens (tertiary/aromatic N) is 1. The van der Waals surface area contributed by atoms with Gasteiger partial charge in [0.25, 0.3) is 5.91 Å². The largest absolute Gasteiger partial charge is 0.351 e. The lowest BCUT2D eigenvalue weighted by atomic mass is 10.1. The van der Waals surface area contributed by atoms with Crippen LogP contribution in [0.5, 0.6) is 0 Å². The average molecular weight is 371 g/mol. The summed E-state index contributed by atoms with van der Waals surface area (Å²) >= 11 is 0. The van der Waals surface area contributed by atoms with Crippen molar-refractivity contribution in [1.29, 1.82) is 0 Å². The average Bonchev–Trinajstić information content (AvgIpc) is 2.58. The second kappa shape index (κ2) is 9.89. The lowest BCUT2D eigenvalue weighted by Crippen LogP contribution is -2.87. The van der Waals surface area contributed by atoms with Gasteiger partial charge in [0.05, 0.1) is 4.90 Å². The van der Waals surface area contributed by atoms with Crippen LogP contribution in [0.1, 0.15) is 46.2 Å². The van der Waals surface area contributed by atoms with Gasteiger partial charge >= 0.3 is 0 Å². The molecule has 1 rings (SSSR count). The third-order valence-corrected chi connectivity index (χ3v) is 6.18. The van der Waals surface area contributed by atoms with E-state index in [0.29, 0.717) is 37.0 Å². The van der Waals surface area contributed by atoms with E-state index in [4.69, 9.17) is 0 Å². The number of hydrogen-bond acceptors (Lipinski definition) is 3. The normalized spacial score (nSPS) is 13.2. The Morgan fingerprint density at radius 2 is 1.68 bits per heavy atom. The van der Waals surface area contributed by atoms with Crippen molar-refractivity contribution in [2.24, 2.45) is 5.92 Å². The van der Waals surface area contributed by atoms with E-state index in [1.807, 2.05) is 38.2 Å². The number of sulfonamides is 1. The van der Waals surface area contributed by atoms with Gasteiger partial charge in [-0.1, -0.05) is 39.8 Å². The van der Waals surface area contributed by atoms with E-state index in [-0.39, 0.29) is 11.9 Å². The van der Waals surface area contributed by atoms with Gasteiger partial charge in [-0.3, -0.25) is 4.79 Å². The predicted octanol–water partition coefficient (Wildman–Crippen LogP) is 1.11. The quantitative estimate of drug-likeness (QED) is 0.647. The van der Waals surface area contributed by atoms with Crippen LogP contribution in [0.15, 0.2) is 29.2 Å². The molecule has 0 aliphatic rings. The maximum Gasteiger partial charge on any atom is 0.275 e. The van der Waals surface area contributed by atoms with E-state index in [1.165, 1.54) is 4.31 Å². The van der Waals surface area contributed by atoms with Crippen LogP contribution >= 0.6 is 0 Å². The lowest BCUT2D eigenvalue weighted by Gasteiger charge is -2.19. The molecule has 25 heavy (non-hydrogen) atoms. The molecule has 1 aromatic rings. The SMILES string of the molecule is CCN(CC)S(=O)(=O)c1ccc([C@@H](C)[NH2+]CC(=O)NCC(C)C)cc1. The Bertz CT molecular complexity index is 638. The van der Waals surface area contributed by atoms with Crippen LogP contribution in [0.2, 0.25) is 0 Å². The summed E-state index contributed by atoms with van der Waals surface area (Å²) in [4.78, 5) is 12.1. The molecule has 1 atom stereocenters. The van der Waals surface area contributed by atoms with Crippen LogP contribution in [-0.2, 0) is 14.8 Å². The fourth-order valence-corrected chi connectivity index (χ4v) is 3.92. The minimum Gasteiger partial charge on any atom is -0.351 e. The van der Waals surface area contributed by atoms with Gasteiger partial charge in [-0.15, -0.1) is 0 Å². The van der Waals surface area contributed by atoms with Crippen molar-refractivity contribution in [3.05, 3.63) is 29.8 Å². The van der Waals surface area contributed by atoms with Gasteiger partial charge in [0, 0.05) is 25.2 Å². The molecule has 0 saturated carbocycles. The standard InChI is InChI=1S/C18H31N3O3S/c1-6-21(7-2)25(23,24)17-10-8-16(9-11-17)15(5)19-13-18(22)20-12-14(3)4/h8-11,14-15,19H,6-7,12-13H2,1-5H3,(H,20,22)/p+1/t15-/m1/s1. The molecule has 7 heteroatoms. The Morgan fingerprint density at radius 1 is 1.12 bits per heavy atom. The summed E-state index contributed by atoms with van der Waals surface area (Å²) in [6.45, 7) is 11.7. The number of carbonyl (C=O) groups excluding carboxylic acids is 1. The molecule has 0 heterocycles. The third kappa shape index (κ3) is 6.41. The molecule has 0 spiro atoms. The minimum atomic E-state index is -3.43. The highest BCUT2D eigenvalue weighted by Gasteiger charge is 2.22. The van der Waals surface area contributed by atoms with Crippen molar-refractivity contribution in [3.63, 3.8) is 0 Å². The lowest BCUT2D eigenvalue weighted by molar-refractivity contribution is -0.682. The first-order chi connectivity index (χ1) is 11.7. The zero-order valence-corrected chi connectivity index (χ0v) is 16.8. The van der Waals surface area contributed by atoms with Gasteiger partial charge in [0.15, 0.2) is 6.54 Å². The van der Waals surface area contributed by atoms with Gasteiger partial charge < -0.3 is 10.6 Å². The molecule has 0 bridgehead atoms. The highest BCUT2D eigenvalue weighted by Crippen LogP contribution is 2.18. The predicted molar refractivity (Wildman–Crippen MR) is 99.6 cm³/mol. The molecular weight excluding hydrogens is 338 g/mol. The van der Waals surface area contributed by atoms with Crippen LogP contribution in [0.3, 0.4) is 0 Å². The Hall–Kier alpha value is -1.44. The molecule has 0 radical (unpaired) electrons. The van der Waals surface area contributed by atoms with Crippen LogP contribution in [0.25, 0.3) is 0 Å². The first kappa shape index (κ1) is 21.6. The topological polar surface area (TPSA) is 83.1 Å². The van der Waals surface area contributed by atoms with Crippen molar-refractivity contribution < 1.29 is 18.5 Å². The number of carbonyl (C=O) groups is 1. The van der Waals surface area contributed by atoms with E-state index < -0.39 is 10.0 Å². The maximum atomic E-state index is 12.5. The summed E-state index contributed by atoms with van der Waals surface area (Å²) < 4.78 is 26.4. The summed E-state index contributed by atoms with van der Waals surface area (Å²) in [6.07, 6.45) is 0. The molecule has 0 aromatic heterocycles. The van der Waals surface area contributed by atoms with E-state index in [0.717, 1.165) is 5.56 Å². The van der Waals surface area contributed by atoms with Crippen LogP contribution in [0, 0.1) is 5.92 Å². The highest BCUT2D eigenvalue weighted by molar-refractivity contribution is 7.89. The van der Waals surface area contributed by atoms with Crippen molar-refractivity contribution in [3.8, 4) is 0 Å². The number of nitrogens with one attached hydrogen (secondary N) is 1. The highest BCUT2D eigenvalue weighted by atomic mass is 32.2. The van der Waals surface area contributed by atoms with Gasteiger partial charge in [-0.2, -0.15) is 4.31 Å². The third-order valence-electron chi connectivity index (χ3n) is 4.11. The number of benzene rings is 1. The Morgan fingerprint density at radius 3 is 2.16 bits per heavy atom. The van der Waals surface area contributed by atoms with Crippen LogP contribution in [0.4, 0.5) is 0 Å². The second-order valence-electron chi connectivity index (χ2n) is 6.58. The van der Waals surface area contributed by atoms with Gasteiger partial charge in [-0.25, -0.2) is 8.42 Å². The van der Waals surface area contributed by atoms with Crippen molar-refractivity contribution in [2.45, 2.75) is 45.6 Å². The fraction of sp³-hybridized carbons (Fsp3) is 0.611. The van der Waals surface area contributed by atoms with Crippen LogP contribution < -0.4 is 10.6 Å². The van der Waals surface area contributed by atoms with E-state index >= 15 is 0 Å². The molecule has 3 N–H and O–H groups in total. The number of quaternary nitrogens is 1. The van der Waals surface area contributed by atoms with Gasteiger partial charge in [0.2, 0.25) is 10.0 Å². The Kier molecular flexibility index (Phi) is 8.55. The molecule has 0 saturated heterocycles. The summed E-state index contributed by atoms with van der Waals surface area (Å²) in [5.41, 5.74) is 0.996. The van der Waals surface area contributed by atoms with E-state index in [1.54, 1.807) is 12.1 Å². The molecule has 1 aromatic carbocycles. The van der Waals surface area contributed by atoms with Crippen molar-refractivity contribution in [1.82, 2.24) is 9.62 Å². The fourth-order valence-electron chi connectivity index (χ4n) is 2.47.